The zero-order valence-corrected chi connectivity index (χ0v) is 10.4. The second-order valence-corrected chi connectivity index (χ2v) is 5.04. The molecule has 0 aliphatic carbocycles. The summed E-state index contributed by atoms with van der Waals surface area (Å²) in [5.41, 5.74) is 1.11. The van der Waals surface area contributed by atoms with Gasteiger partial charge in [-0.1, -0.05) is 29.8 Å². The van der Waals surface area contributed by atoms with E-state index in [1.165, 1.54) is 0 Å². The summed E-state index contributed by atoms with van der Waals surface area (Å²) in [6.45, 7) is 3.81. The highest BCUT2D eigenvalue weighted by Gasteiger charge is 2.30. The predicted molar refractivity (Wildman–Crippen MR) is 62.1 cm³/mol. The van der Waals surface area contributed by atoms with E-state index in [1.54, 1.807) is 0 Å². The predicted octanol–water partition coefficient (Wildman–Crippen LogP) is 2.98. The van der Waals surface area contributed by atoms with Gasteiger partial charge in [0.15, 0.2) is 11.9 Å². The molecule has 0 amide bonds. The molecule has 0 N–H and O–H groups in total. The van der Waals surface area contributed by atoms with E-state index in [1.807, 2.05) is 32.0 Å². The van der Waals surface area contributed by atoms with Crippen molar-refractivity contribution >= 4 is 21.7 Å². The van der Waals surface area contributed by atoms with Crippen molar-refractivity contribution in [3.8, 4) is 5.75 Å². The Kier molecular flexibility index (Phi) is 2.83. The van der Waals surface area contributed by atoms with Crippen LogP contribution in [0.5, 0.6) is 5.75 Å². The molecule has 0 bridgehead atoms. The van der Waals surface area contributed by atoms with Crippen LogP contribution in [0.2, 0.25) is 0 Å². The maximum absolute atomic E-state index is 11.8. The van der Waals surface area contributed by atoms with Crippen LogP contribution in [0.4, 0.5) is 0 Å². The van der Waals surface area contributed by atoms with Crippen molar-refractivity contribution in [3.63, 3.8) is 0 Å². The molecule has 0 radical (unpaired) electrons. The molecule has 15 heavy (non-hydrogen) atoms. The molecule has 1 aromatic carbocycles. The Bertz CT molecular complexity index is 399. The molecule has 0 aromatic heterocycles. The van der Waals surface area contributed by atoms with E-state index in [4.69, 9.17) is 4.74 Å². The first-order valence-electron chi connectivity index (χ1n) is 5.06. The number of ketones is 1. The second-order valence-electron chi connectivity index (χ2n) is 4.12. The van der Waals surface area contributed by atoms with Gasteiger partial charge in [-0.15, -0.1) is 0 Å². The van der Waals surface area contributed by atoms with Gasteiger partial charge >= 0.3 is 0 Å². The van der Waals surface area contributed by atoms with Crippen LogP contribution in [0.15, 0.2) is 22.7 Å². The van der Waals surface area contributed by atoms with E-state index in [0.717, 1.165) is 15.8 Å². The SMILES string of the molecule is CC(C)C(=O)C1Cc2cc(Br)ccc2O1. The van der Waals surface area contributed by atoms with Crippen LogP contribution in [-0.2, 0) is 11.2 Å². The smallest absolute Gasteiger partial charge is 0.176 e. The minimum Gasteiger partial charge on any atom is -0.482 e. The van der Waals surface area contributed by atoms with Gasteiger partial charge in [-0.05, 0) is 23.8 Å². The molecule has 2 rings (SSSR count). The third kappa shape index (κ3) is 2.07. The Labute approximate surface area is 97.8 Å². The first kappa shape index (κ1) is 10.7. The summed E-state index contributed by atoms with van der Waals surface area (Å²) in [6, 6.07) is 5.86. The molecule has 80 valence electrons. The first-order chi connectivity index (χ1) is 7.08. The highest BCUT2D eigenvalue weighted by molar-refractivity contribution is 9.10. The third-order valence-corrected chi connectivity index (χ3v) is 3.08. The number of halogens is 1. The first-order valence-corrected chi connectivity index (χ1v) is 5.86. The van der Waals surface area contributed by atoms with Gasteiger partial charge in [-0.2, -0.15) is 0 Å². The maximum atomic E-state index is 11.8. The van der Waals surface area contributed by atoms with Gasteiger partial charge in [0.05, 0.1) is 0 Å². The Morgan fingerprint density at radius 3 is 2.93 bits per heavy atom. The number of carbonyl (C=O) groups is 1. The van der Waals surface area contributed by atoms with Gasteiger partial charge in [0.2, 0.25) is 0 Å². The van der Waals surface area contributed by atoms with Gasteiger partial charge in [0.25, 0.3) is 0 Å². The molecule has 0 spiro atoms. The van der Waals surface area contributed by atoms with Gasteiger partial charge < -0.3 is 4.74 Å². The fourth-order valence-electron chi connectivity index (χ4n) is 1.75. The Hall–Kier alpha value is -0.830. The molecular formula is C12H13BrO2. The highest BCUT2D eigenvalue weighted by atomic mass is 79.9. The zero-order chi connectivity index (χ0) is 11.0. The molecule has 0 fully saturated rings. The van der Waals surface area contributed by atoms with Crippen molar-refractivity contribution in [1.82, 2.24) is 0 Å². The Morgan fingerprint density at radius 2 is 2.27 bits per heavy atom. The van der Waals surface area contributed by atoms with Crippen molar-refractivity contribution in [2.45, 2.75) is 26.4 Å². The average molecular weight is 269 g/mol. The highest BCUT2D eigenvalue weighted by Crippen LogP contribution is 2.32. The summed E-state index contributed by atoms with van der Waals surface area (Å²) < 4.78 is 6.64. The summed E-state index contributed by atoms with van der Waals surface area (Å²) in [6.07, 6.45) is 0.417. The van der Waals surface area contributed by atoms with Crippen molar-refractivity contribution < 1.29 is 9.53 Å². The van der Waals surface area contributed by atoms with Crippen molar-refractivity contribution in [3.05, 3.63) is 28.2 Å². The second kappa shape index (κ2) is 3.97. The molecule has 1 atom stereocenters. The molecule has 3 heteroatoms. The summed E-state index contributed by atoms with van der Waals surface area (Å²) in [5.74, 6) is 1.06. The zero-order valence-electron chi connectivity index (χ0n) is 8.79. The molecule has 0 saturated heterocycles. The number of hydrogen-bond acceptors (Lipinski definition) is 2. The molecular weight excluding hydrogens is 256 g/mol. The van der Waals surface area contributed by atoms with Gasteiger partial charge in [-0.3, -0.25) is 4.79 Å². The quantitative estimate of drug-likeness (QED) is 0.825. The molecule has 1 unspecified atom stereocenters. The van der Waals surface area contributed by atoms with E-state index >= 15 is 0 Å². The summed E-state index contributed by atoms with van der Waals surface area (Å²) in [5, 5.41) is 0. The number of carbonyl (C=O) groups excluding carboxylic acids is 1. The molecule has 0 saturated carbocycles. The van der Waals surface area contributed by atoms with Crippen LogP contribution in [0.25, 0.3) is 0 Å². The fraction of sp³-hybridized carbons (Fsp3) is 0.417. The van der Waals surface area contributed by atoms with Gasteiger partial charge in [0.1, 0.15) is 5.75 Å². The molecule has 1 heterocycles. The monoisotopic (exact) mass is 268 g/mol. The van der Waals surface area contributed by atoms with Crippen LogP contribution in [0.3, 0.4) is 0 Å². The average Bonchev–Trinajstić information content (AvgIpc) is 2.58. The van der Waals surface area contributed by atoms with Crippen LogP contribution in [0, 0.1) is 5.92 Å². The van der Waals surface area contributed by atoms with Crippen molar-refractivity contribution in [2.24, 2.45) is 5.92 Å². The van der Waals surface area contributed by atoms with Crippen LogP contribution in [-0.4, -0.2) is 11.9 Å². The van der Waals surface area contributed by atoms with E-state index in [9.17, 15) is 4.79 Å². The lowest BCUT2D eigenvalue weighted by Crippen LogP contribution is -2.29. The van der Waals surface area contributed by atoms with Crippen LogP contribution >= 0.6 is 15.9 Å². The van der Waals surface area contributed by atoms with Crippen LogP contribution in [0.1, 0.15) is 19.4 Å². The molecule has 1 aromatic rings. The summed E-state index contributed by atoms with van der Waals surface area (Å²) in [7, 11) is 0. The van der Waals surface area contributed by atoms with E-state index in [0.29, 0.717) is 6.42 Å². The van der Waals surface area contributed by atoms with E-state index in [2.05, 4.69) is 15.9 Å². The fourth-order valence-corrected chi connectivity index (χ4v) is 2.16. The van der Waals surface area contributed by atoms with Crippen LogP contribution < -0.4 is 4.74 Å². The van der Waals surface area contributed by atoms with E-state index in [-0.39, 0.29) is 17.8 Å². The summed E-state index contributed by atoms with van der Waals surface area (Å²) >= 11 is 3.41. The largest absolute Gasteiger partial charge is 0.482 e. The number of rotatable bonds is 2. The summed E-state index contributed by atoms with van der Waals surface area (Å²) in [4.78, 5) is 11.8. The third-order valence-electron chi connectivity index (χ3n) is 2.58. The molecule has 1 aliphatic heterocycles. The maximum Gasteiger partial charge on any atom is 0.176 e. The number of Topliss-reactive ketones (excluding diaryl/α,β-unsaturated/α-hetero) is 1. The van der Waals surface area contributed by atoms with Gasteiger partial charge in [0, 0.05) is 16.8 Å². The minimum absolute atomic E-state index is 0.0350. The van der Waals surface area contributed by atoms with Gasteiger partial charge in [-0.25, -0.2) is 0 Å². The molecule has 2 nitrogen and oxygen atoms in total. The van der Waals surface area contributed by atoms with Crippen molar-refractivity contribution in [1.29, 1.82) is 0 Å². The standard InChI is InChI=1S/C12H13BrO2/c1-7(2)12(14)11-6-8-5-9(13)3-4-10(8)15-11/h3-5,7,11H,6H2,1-2H3. The van der Waals surface area contributed by atoms with E-state index < -0.39 is 0 Å². The number of ether oxygens (including phenoxy) is 1. The number of benzene rings is 1. The Balaban J connectivity index is 2.19. The number of fused-ring (bicyclic) bond motifs is 1. The lowest BCUT2D eigenvalue weighted by atomic mass is 10.0. The topological polar surface area (TPSA) is 26.3 Å². The molecule has 1 aliphatic rings. The lowest BCUT2D eigenvalue weighted by molar-refractivity contribution is -0.128. The minimum atomic E-state index is -0.283. The number of hydrogen-bond donors (Lipinski definition) is 0. The normalized spacial score (nSPS) is 18.8. The lowest BCUT2D eigenvalue weighted by Gasteiger charge is -2.11. The Morgan fingerprint density at radius 1 is 1.53 bits per heavy atom. The van der Waals surface area contributed by atoms with Crippen molar-refractivity contribution in [2.75, 3.05) is 0 Å².